The van der Waals surface area contributed by atoms with E-state index in [0.717, 1.165) is 19.5 Å². The molecule has 102 valence electrons. The number of carbonyl (C=O) groups excluding carboxylic acids is 1. The van der Waals surface area contributed by atoms with Crippen molar-refractivity contribution >= 4 is 29.0 Å². The van der Waals surface area contributed by atoms with Crippen LogP contribution in [0.25, 0.3) is 0 Å². The number of carbonyl (C=O) groups is 1. The maximum absolute atomic E-state index is 12.5. The van der Waals surface area contributed by atoms with Crippen molar-refractivity contribution in [1.82, 2.24) is 5.32 Å². The predicted molar refractivity (Wildman–Crippen MR) is 81.7 cm³/mol. The topological polar surface area (TPSA) is 29.1 Å². The lowest BCUT2D eigenvalue weighted by molar-refractivity contribution is 0.103. The Morgan fingerprint density at radius 2 is 1.95 bits per heavy atom. The Kier molecular flexibility index (Phi) is 3.79. The minimum Gasteiger partial charge on any atom is -0.312 e. The van der Waals surface area contributed by atoms with Gasteiger partial charge in [-0.25, -0.2) is 0 Å². The summed E-state index contributed by atoms with van der Waals surface area (Å²) in [5.74, 6) is -0.0918. The van der Waals surface area contributed by atoms with Crippen LogP contribution in [0.2, 0.25) is 10.0 Å². The molecule has 0 radical (unpaired) electrons. The van der Waals surface area contributed by atoms with Crippen molar-refractivity contribution in [3.8, 4) is 0 Å². The molecule has 0 spiro atoms. The Balaban J connectivity index is 2.00. The van der Waals surface area contributed by atoms with Gasteiger partial charge in [-0.1, -0.05) is 41.4 Å². The Labute approximate surface area is 127 Å². The molecule has 0 atom stereocenters. The first-order valence-electron chi connectivity index (χ1n) is 6.48. The molecule has 3 rings (SSSR count). The number of nitrogens with one attached hydrogen (secondary N) is 1. The van der Waals surface area contributed by atoms with Gasteiger partial charge in [-0.2, -0.15) is 0 Å². The first kappa shape index (κ1) is 13.6. The maximum atomic E-state index is 12.5. The molecule has 0 saturated carbocycles. The maximum Gasteiger partial charge on any atom is 0.194 e. The summed E-state index contributed by atoms with van der Waals surface area (Å²) in [4.78, 5) is 12.5. The number of ketones is 1. The van der Waals surface area contributed by atoms with Crippen molar-refractivity contribution in [3.05, 3.63) is 68.7 Å². The number of benzene rings is 2. The van der Waals surface area contributed by atoms with Gasteiger partial charge in [0.05, 0.1) is 10.0 Å². The van der Waals surface area contributed by atoms with Crippen molar-refractivity contribution < 1.29 is 4.79 Å². The van der Waals surface area contributed by atoms with Gasteiger partial charge in [-0.3, -0.25) is 4.79 Å². The summed E-state index contributed by atoms with van der Waals surface area (Å²) in [5.41, 5.74) is 3.58. The SMILES string of the molecule is O=C(c1ccc2c(c1)CNCC2)c1cccc(Cl)c1Cl. The molecule has 0 aliphatic carbocycles. The fourth-order valence-corrected chi connectivity index (χ4v) is 2.84. The lowest BCUT2D eigenvalue weighted by atomic mass is 9.95. The van der Waals surface area contributed by atoms with Crippen LogP contribution in [-0.4, -0.2) is 12.3 Å². The molecular formula is C16H13Cl2NO. The molecule has 1 aliphatic rings. The summed E-state index contributed by atoms with van der Waals surface area (Å²) in [7, 11) is 0. The van der Waals surface area contributed by atoms with Gasteiger partial charge in [0, 0.05) is 17.7 Å². The van der Waals surface area contributed by atoms with Gasteiger partial charge in [-0.15, -0.1) is 0 Å². The second-order valence-corrected chi connectivity index (χ2v) is 5.63. The highest BCUT2D eigenvalue weighted by molar-refractivity contribution is 6.44. The Bertz CT molecular complexity index is 682. The molecule has 1 aliphatic heterocycles. The molecular weight excluding hydrogens is 293 g/mol. The van der Waals surface area contributed by atoms with Gasteiger partial charge in [0.2, 0.25) is 0 Å². The largest absolute Gasteiger partial charge is 0.312 e. The van der Waals surface area contributed by atoms with E-state index in [0.29, 0.717) is 21.2 Å². The quantitative estimate of drug-likeness (QED) is 0.853. The van der Waals surface area contributed by atoms with E-state index in [1.54, 1.807) is 18.2 Å². The molecule has 1 heterocycles. The zero-order chi connectivity index (χ0) is 14.1. The average Bonchev–Trinajstić information content (AvgIpc) is 2.49. The van der Waals surface area contributed by atoms with E-state index >= 15 is 0 Å². The monoisotopic (exact) mass is 305 g/mol. The van der Waals surface area contributed by atoms with Crippen LogP contribution < -0.4 is 5.32 Å². The highest BCUT2D eigenvalue weighted by atomic mass is 35.5. The number of fused-ring (bicyclic) bond motifs is 1. The Morgan fingerprint density at radius 1 is 1.10 bits per heavy atom. The van der Waals surface area contributed by atoms with E-state index in [1.807, 2.05) is 18.2 Å². The van der Waals surface area contributed by atoms with Crippen molar-refractivity contribution in [3.63, 3.8) is 0 Å². The van der Waals surface area contributed by atoms with Crippen LogP contribution in [0.15, 0.2) is 36.4 Å². The number of rotatable bonds is 2. The number of hydrogen-bond acceptors (Lipinski definition) is 2. The van der Waals surface area contributed by atoms with E-state index in [9.17, 15) is 4.79 Å². The summed E-state index contributed by atoms with van der Waals surface area (Å²) in [5, 5.41) is 4.02. The standard InChI is InChI=1S/C16H13Cl2NO/c17-14-3-1-2-13(15(14)18)16(20)11-5-4-10-6-7-19-9-12(10)8-11/h1-5,8,19H,6-7,9H2. The van der Waals surface area contributed by atoms with Gasteiger partial charge < -0.3 is 5.32 Å². The van der Waals surface area contributed by atoms with E-state index in [4.69, 9.17) is 23.2 Å². The van der Waals surface area contributed by atoms with Crippen LogP contribution in [0.4, 0.5) is 0 Å². The van der Waals surface area contributed by atoms with Crippen LogP contribution in [0, 0.1) is 0 Å². The van der Waals surface area contributed by atoms with Gasteiger partial charge in [-0.05, 0) is 42.3 Å². The molecule has 2 aromatic rings. The fraction of sp³-hybridized carbons (Fsp3) is 0.188. The van der Waals surface area contributed by atoms with Crippen LogP contribution in [0.3, 0.4) is 0 Å². The molecule has 2 aromatic carbocycles. The lowest BCUT2D eigenvalue weighted by Gasteiger charge is -2.17. The predicted octanol–water partition coefficient (Wildman–Crippen LogP) is 3.87. The third-order valence-electron chi connectivity index (χ3n) is 3.55. The van der Waals surface area contributed by atoms with Gasteiger partial charge in [0.15, 0.2) is 5.78 Å². The normalized spacial score (nSPS) is 13.9. The van der Waals surface area contributed by atoms with Gasteiger partial charge in [0.1, 0.15) is 0 Å². The lowest BCUT2D eigenvalue weighted by Crippen LogP contribution is -2.23. The first-order chi connectivity index (χ1) is 9.66. The summed E-state index contributed by atoms with van der Waals surface area (Å²) in [6.45, 7) is 1.79. The highest BCUT2D eigenvalue weighted by Gasteiger charge is 2.17. The minimum atomic E-state index is -0.0918. The average molecular weight is 306 g/mol. The number of halogens is 2. The Hall–Kier alpha value is -1.35. The Morgan fingerprint density at radius 3 is 2.80 bits per heavy atom. The molecule has 2 nitrogen and oxygen atoms in total. The van der Waals surface area contributed by atoms with Crippen LogP contribution in [0.1, 0.15) is 27.0 Å². The zero-order valence-electron chi connectivity index (χ0n) is 10.7. The summed E-state index contributed by atoms with van der Waals surface area (Å²) >= 11 is 12.1. The van der Waals surface area contributed by atoms with E-state index in [1.165, 1.54) is 11.1 Å². The van der Waals surface area contributed by atoms with Gasteiger partial charge >= 0.3 is 0 Å². The molecule has 0 aromatic heterocycles. The molecule has 0 unspecified atom stereocenters. The minimum absolute atomic E-state index is 0.0918. The van der Waals surface area contributed by atoms with Crippen LogP contribution in [-0.2, 0) is 13.0 Å². The molecule has 0 bridgehead atoms. The van der Waals surface area contributed by atoms with E-state index in [-0.39, 0.29) is 5.78 Å². The highest BCUT2D eigenvalue weighted by Crippen LogP contribution is 2.28. The molecule has 4 heteroatoms. The molecule has 0 amide bonds. The van der Waals surface area contributed by atoms with Crippen molar-refractivity contribution in [2.24, 2.45) is 0 Å². The van der Waals surface area contributed by atoms with Crippen LogP contribution >= 0.6 is 23.2 Å². The third-order valence-corrected chi connectivity index (χ3v) is 4.37. The fourth-order valence-electron chi connectivity index (χ4n) is 2.46. The summed E-state index contributed by atoms with van der Waals surface area (Å²) < 4.78 is 0. The first-order valence-corrected chi connectivity index (χ1v) is 7.23. The second kappa shape index (κ2) is 5.57. The molecule has 0 fully saturated rings. The van der Waals surface area contributed by atoms with Crippen molar-refractivity contribution in [1.29, 1.82) is 0 Å². The van der Waals surface area contributed by atoms with E-state index in [2.05, 4.69) is 5.32 Å². The van der Waals surface area contributed by atoms with Crippen LogP contribution in [0.5, 0.6) is 0 Å². The van der Waals surface area contributed by atoms with Crippen molar-refractivity contribution in [2.75, 3.05) is 6.54 Å². The molecule has 0 saturated heterocycles. The second-order valence-electron chi connectivity index (χ2n) is 4.84. The van der Waals surface area contributed by atoms with E-state index < -0.39 is 0 Å². The number of hydrogen-bond donors (Lipinski definition) is 1. The summed E-state index contributed by atoms with van der Waals surface area (Å²) in [6, 6.07) is 11.0. The third kappa shape index (κ3) is 2.47. The molecule has 20 heavy (non-hydrogen) atoms. The smallest absolute Gasteiger partial charge is 0.194 e. The van der Waals surface area contributed by atoms with Gasteiger partial charge in [0.25, 0.3) is 0 Å². The van der Waals surface area contributed by atoms with Crippen molar-refractivity contribution in [2.45, 2.75) is 13.0 Å². The zero-order valence-corrected chi connectivity index (χ0v) is 12.3. The molecule has 1 N–H and O–H groups in total. The summed E-state index contributed by atoms with van der Waals surface area (Å²) in [6.07, 6.45) is 1.00.